The first-order chi connectivity index (χ1) is 10.3. The number of morpholine rings is 1. The highest BCUT2D eigenvalue weighted by Gasteiger charge is 2.25. The van der Waals surface area contributed by atoms with Crippen LogP contribution in [0.25, 0.3) is 0 Å². The zero-order valence-corrected chi connectivity index (χ0v) is 11.9. The average Bonchev–Trinajstić information content (AvgIpc) is 2.52. The highest BCUT2D eigenvalue weighted by molar-refractivity contribution is 5.48. The molecule has 116 valence electrons. The van der Waals surface area contributed by atoms with Gasteiger partial charge in [-0.15, -0.1) is 5.10 Å². The summed E-state index contributed by atoms with van der Waals surface area (Å²) in [5.74, 6) is -0.755. The Kier molecular flexibility index (Phi) is 4.38. The molecular formula is C14H20FN3O3. The summed E-state index contributed by atoms with van der Waals surface area (Å²) in [4.78, 5) is 13.6. The van der Waals surface area contributed by atoms with Crippen LogP contribution in [-0.4, -0.2) is 42.6 Å². The molecule has 2 aliphatic rings. The van der Waals surface area contributed by atoms with Crippen molar-refractivity contribution >= 4 is 5.69 Å². The maximum atomic E-state index is 14.6. The van der Waals surface area contributed by atoms with Crippen LogP contribution in [0.15, 0.2) is 4.79 Å². The molecule has 0 unspecified atom stereocenters. The summed E-state index contributed by atoms with van der Waals surface area (Å²) in [7, 11) is 0. The van der Waals surface area contributed by atoms with Gasteiger partial charge in [0.2, 0.25) is 5.82 Å². The fraction of sp³-hybridized carbons (Fsp3) is 0.714. The maximum absolute atomic E-state index is 14.6. The third-order valence-electron chi connectivity index (χ3n) is 4.03. The first-order valence-electron chi connectivity index (χ1n) is 7.53. The molecule has 0 amide bonds. The lowest BCUT2D eigenvalue weighted by Crippen LogP contribution is -2.40. The summed E-state index contributed by atoms with van der Waals surface area (Å²) >= 11 is 0. The Morgan fingerprint density at radius 3 is 2.67 bits per heavy atom. The second kappa shape index (κ2) is 6.43. The smallest absolute Gasteiger partial charge is 0.291 e. The van der Waals surface area contributed by atoms with Crippen LogP contribution in [0, 0.1) is 5.82 Å². The summed E-state index contributed by atoms with van der Waals surface area (Å²) in [6.45, 7) is 1.96. The molecule has 1 aliphatic heterocycles. The number of rotatable bonds is 3. The van der Waals surface area contributed by atoms with Crippen molar-refractivity contribution in [3.05, 3.63) is 16.2 Å². The van der Waals surface area contributed by atoms with Crippen LogP contribution in [0.4, 0.5) is 10.1 Å². The molecular weight excluding hydrogens is 277 g/mol. The lowest BCUT2D eigenvalue weighted by molar-refractivity contribution is 0.121. The van der Waals surface area contributed by atoms with Gasteiger partial charge in [-0.2, -0.15) is 4.39 Å². The minimum atomic E-state index is -0.661. The highest BCUT2D eigenvalue weighted by atomic mass is 19.1. The van der Waals surface area contributed by atoms with E-state index in [0.29, 0.717) is 26.3 Å². The molecule has 1 aromatic heterocycles. The summed E-state index contributed by atoms with van der Waals surface area (Å²) in [6, 6.07) is 0. The fourth-order valence-electron chi connectivity index (χ4n) is 2.89. The number of ether oxygens (including phenoxy) is 2. The van der Waals surface area contributed by atoms with Gasteiger partial charge in [-0.05, 0) is 25.7 Å². The zero-order valence-electron chi connectivity index (χ0n) is 11.9. The van der Waals surface area contributed by atoms with Crippen LogP contribution >= 0.6 is 0 Å². The largest absolute Gasteiger partial charge is 0.471 e. The van der Waals surface area contributed by atoms with E-state index in [1.54, 1.807) is 4.90 Å². The number of nitrogens with one attached hydrogen (secondary N) is 1. The van der Waals surface area contributed by atoms with Crippen LogP contribution in [0.5, 0.6) is 5.88 Å². The lowest BCUT2D eigenvalue weighted by atomic mass is 9.98. The van der Waals surface area contributed by atoms with Crippen molar-refractivity contribution in [2.24, 2.45) is 0 Å². The van der Waals surface area contributed by atoms with Crippen molar-refractivity contribution in [2.45, 2.75) is 38.2 Å². The number of hydrogen-bond acceptors (Lipinski definition) is 5. The molecule has 0 atom stereocenters. The molecule has 1 aromatic rings. The van der Waals surface area contributed by atoms with Gasteiger partial charge >= 0.3 is 0 Å². The van der Waals surface area contributed by atoms with E-state index in [-0.39, 0.29) is 17.7 Å². The molecule has 0 radical (unpaired) electrons. The Morgan fingerprint density at radius 1 is 1.24 bits per heavy atom. The van der Waals surface area contributed by atoms with Crippen LogP contribution in [0.2, 0.25) is 0 Å². The SMILES string of the molecule is O=c1[nH]nc(OC2CCCCC2)c(F)c1N1CCOCC1. The number of H-pyrrole nitrogens is 1. The van der Waals surface area contributed by atoms with Crippen molar-refractivity contribution in [2.75, 3.05) is 31.2 Å². The van der Waals surface area contributed by atoms with Crippen molar-refractivity contribution in [3.63, 3.8) is 0 Å². The number of aromatic amines is 1. The summed E-state index contributed by atoms with van der Waals surface area (Å²) in [5, 5.41) is 6.08. The Balaban J connectivity index is 1.82. The first-order valence-corrected chi connectivity index (χ1v) is 7.53. The van der Waals surface area contributed by atoms with Gasteiger partial charge in [-0.25, -0.2) is 5.10 Å². The van der Waals surface area contributed by atoms with Gasteiger partial charge in [0.1, 0.15) is 11.8 Å². The van der Waals surface area contributed by atoms with Gasteiger partial charge in [0.25, 0.3) is 11.4 Å². The highest BCUT2D eigenvalue weighted by Crippen LogP contribution is 2.26. The minimum absolute atomic E-state index is 0.0100. The van der Waals surface area contributed by atoms with Crippen molar-refractivity contribution in [3.8, 4) is 5.88 Å². The quantitative estimate of drug-likeness (QED) is 0.915. The molecule has 21 heavy (non-hydrogen) atoms. The fourth-order valence-corrected chi connectivity index (χ4v) is 2.89. The Bertz CT molecular complexity index is 537. The van der Waals surface area contributed by atoms with Crippen molar-refractivity contribution in [1.82, 2.24) is 10.2 Å². The first kappa shape index (κ1) is 14.3. The Morgan fingerprint density at radius 2 is 1.95 bits per heavy atom. The molecule has 0 aromatic carbocycles. The topological polar surface area (TPSA) is 67.5 Å². The number of anilines is 1. The predicted molar refractivity (Wildman–Crippen MR) is 75.3 cm³/mol. The number of halogens is 1. The average molecular weight is 297 g/mol. The monoisotopic (exact) mass is 297 g/mol. The molecule has 0 bridgehead atoms. The molecule has 1 aliphatic carbocycles. The molecule has 0 spiro atoms. The van der Waals surface area contributed by atoms with Crippen LogP contribution in [-0.2, 0) is 4.74 Å². The normalized spacial score (nSPS) is 20.5. The molecule has 2 heterocycles. The summed E-state index contributed by atoms with van der Waals surface area (Å²) < 4.78 is 25.5. The Hall–Kier alpha value is -1.63. The summed E-state index contributed by atoms with van der Waals surface area (Å²) in [6.07, 6.45) is 5.18. The predicted octanol–water partition coefficient (Wildman–Crippen LogP) is 1.46. The van der Waals surface area contributed by atoms with Gasteiger partial charge in [-0.3, -0.25) is 4.79 Å². The number of hydrogen-bond donors (Lipinski definition) is 1. The van der Waals surface area contributed by atoms with Crippen LogP contribution in [0.1, 0.15) is 32.1 Å². The standard InChI is InChI=1S/C14H20FN3O3/c15-11-12(18-6-8-20-9-7-18)13(19)16-17-14(11)21-10-4-2-1-3-5-10/h10H,1-9H2,(H,16,19). The third-order valence-corrected chi connectivity index (χ3v) is 4.03. The van der Waals surface area contributed by atoms with E-state index in [1.165, 1.54) is 6.42 Å². The van der Waals surface area contributed by atoms with Gasteiger partial charge < -0.3 is 14.4 Å². The van der Waals surface area contributed by atoms with E-state index in [2.05, 4.69) is 10.2 Å². The van der Waals surface area contributed by atoms with Crippen molar-refractivity contribution in [1.29, 1.82) is 0 Å². The second-order valence-corrected chi connectivity index (χ2v) is 5.50. The van der Waals surface area contributed by atoms with Crippen LogP contribution in [0.3, 0.4) is 0 Å². The van der Waals surface area contributed by atoms with E-state index >= 15 is 0 Å². The Labute approximate surface area is 122 Å². The van der Waals surface area contributed by atoms with E-state index in [1.807, 2.05) is 0 Å². The van der Waals surface area contributed by atoms with Gasteiger partial charge in [-0.1, -0.05) is 6.42 Å². The molecule has 1 saturated carbocycles. The molecule has 1 saturated heterocycles. The van der Waals surface area contributed by atoms with E-state index in [4.69, 9.17) is 9.47 Å². The molecule has 7 heteroatoms. The third kappa shape index (κ3) is 3.18. The van der Waals surface area contributed by atoms with E-state index in [0.717, 1.165) is 25.7 Å². The number of nitrogens with zero attached hydrogens (tertiary/aromatic N) is 2. The van der Waals surface area contributed by atoms with Gasteiger partial charge in [0.15, 0.2) is 0 Å². The molecule has 6 nitrogen and oxygen atoms in total. The maximum Gasteiger partial charge on any atom is 0.291 e. The minimum Gasteiger partial charge on any atom is -0.471 e. The van der Waals surface area contributed by atoms with Gasteiger partial charge in [0.05, 0.1) is 13.2 Å². The molecule has 3 rings (SSSR count). The lowest BCUT2D eigenvalue weighted by Gasteiger charge is -2.29. The molecule has 2 fully saturated rings. The van der Waals surface area contributed by atoms with Crippen LogP contribution < -0.4 is 15.2 Å². The zero-order chi connectivity index (χ0) is 14.7. The van der Waals surface area contributed by atoms with Gasteiger partial charge in [0, 0.05) is 13.1 Å². The summed E-state index contributed by atoms with van der Waals surface area (Å²) in [5.41, 5.74) is -0.510. The van der Waals surface area contributed by atoms with Crippen molar-refractivity contribution < 1.29 is 13.9 Å². The van der Waals surface area contributed by atoms with E-state index in [9.17, 15) is 9.18 Å². The number of aromatic nitrogens is 2. The molecule has 1 N–H and O–H groups in total. The second-order valence-electron chi connectivity index (χ2n) is 5.50. The van der Waals surface area contributed by atoms with E-state index < -0.39 is 11.4 Å².